The lowest BCUT2D eigenvalue weighted by Crippen LogP contribution is -2.57. The number of carbonyl (C=O) groups excluding carboxylic acids is 3. The van der Waals surface area contributed by atoms with Crippen molar-refractivity contribution in [2.45, 2.75) is 38.6 Å². The van der Waals surface area contributed by atoms with Crippen molar-refractivity contribution in [1.82, 2.24) is 10.2 Å². The molecule has 2 amide bonds. The number of piperazine rings is 1. The van der Waals surface area contributed by atoms with Crippen LogP contribution in [0.25, 0.3) is 0 Å². The predicted octanol–water partition coefficient (Wildman–Crippen LogP) is 3.08. The van der Waals surface area contributed by atoms with Gasteiger partial charge in [0.15, 0.2) is 0 Å². The van der Waals surface area contributed by atoms with Crippen molar-refractivity contribution < 1.29 is 23.9 Å². The first kappa shape index (κ1) is 22.9. The van der Waals surface area contributed by atoms with Gasteiger partial charge in [-0.2, -0.15) is 0 Å². The van der Waals surface area contributed by atoms with Gasteiger partial charge in [0.25, 0.3) is 5.91 Å². The van der Waals surface area contributed by atoms with Gasteiger partial charge in [-0.1, -0.05) is 32.4 Å². The van der Waals surface area contributed by atoms with Gasteiger partial charge in [0, 0.05) is 18.7 Å². The molecule has 29 heavy (non-hydrogen) atoms. The van der Waals surface area contributed by atoms with Crippen molar-refractivity contribution in [3.05, 3.63) is 40.9 Å². The molecule has 7 nitrogen and oxygen atoms in total. The van der Waals surface area contributed by atoms with Crippen molar-refractivity contribution in [3.63, 3.8) is 0 Å². The van der Waals surface area contributed by atoms with Gasteiger partial charge < -0.3 is 19.7 Å². The van der Waals surface area contributed by atoms with Crippen LogP contribution >= 0.6 is 15.9 Å². The molecular formula is C21H27BrN2O5. The van der Waals surface area contributed by atoms with E-state index in [9.17, 15) is 14.4 Å². The molecule has 158 valence electrons. The van der Waals surface area contributed by atoms with Gasteiger partial charge in [-0.05, 0) is 40.5 Å². The second-order valence-corrected chi connectivity index (χ2v) is 7.54. The topological polar surface area (TPSA) is 84.9 Å². The molecule has 1 aliphatic rings. The maximum absolute atomic E-state index is 13.0. The van der Waals surface area contributed by atoms with Crippen molar-refractivity contribution in [2.24, 2.45) is 0 Å². The monoisotopic (exact) mass is 466 g/mol. The van der Waals surface area contributed by atoms with E-state index in [1.165, 1.54) is 4.90 Å². The van der Waals surface area contributed by atoms with Crippen LogP contribution in [-0.4, -0.2) is 55.0 Å². The molecule has 0 aliphatic carbocycles. The summed E-state index contributed by atoms with van der Waals surface area (Å²) in [6.07, 6.45) is 4.26. The molecule has 0 aromatic heterocycles. The highest BCUT2D eigenvalue weighted by molar-refractivity contribution is 9.10. The molecular weight excluding hydrogens is 440 g/mol. The highest BCUT2D eigenvalue weighted by atomic mass is 79.9. The number of nitrogens with zero attached hydrogens (tertiary/aromatic N) is 1. The van der Waals surface area contributed by atoms with Crippen LogP contribution in [0.1, 0.15) is 43.0 Å². The molecule has 1 fully saturated rings. The number of amides is 2. The van der Waals surface area contributed by atoms with Crippen LogP contribution in [-0.2, 0) is 14.3 Å². The maximum Gasteiger partial charge on any atom is 0.308 e. The van der Waals surface area contributed by atoms with E-state index >= 15 is 0 Å². The Balaban J connectivity index is 2.07. The van der Waals surface area contributed by atoms with Gasteiger partial charge in [0.05, 0.1) is 17.5 Å². The number of hydrogen-bond donors (Lipinski definition) is 1. The third-order valence-electron chi connectivity index (χ3n) is 4.50. The zero-order valence-corrected chi connectivity index (χ0v) is 18.2. The van der Waals surface area contributed by atoms with Crippen LogP contribution in [0.3, 0.4) is 0 Å². The molecule has 2 rings (SSSR count). The fraction of sp³-hybridized carbons (Fsp3) is 0.476. The highest BCUT2D eigenvalue weighted by Crippen LogP contribution is 2.27. The van der Waals surface area contributed by atoms with E-state index in [4.69, 9.17) is 9.47 Å². The fourth-order valence-electron chi connectivity index (χ4n) is 2.98. The Morgan fingerprint density at radius 3 is 2.86 bits per heavy atom. The number of carbonyl (C=O) groups is 3. The summed E-state index contributed by atoms with van der Waals surface area (Å²) in [5, 5.41) is 2.71. The minimum absolute atomic E-state index is 0.161. The molecule has 1 heterocycles. The van der Waals surface area contributed by atoms with Crippen LogP contribution in [0.2, 0.25) is 0 Å². The Morgan fingerprint density at radius 2 is 2.17 bits per heavy atom. The number of esters is 1. The number of nitrogens with one attached hydrogen (secondary N) is 1. The average molecular weight is 467 g/mol. The van der Waals surface area contributed by atoms with Gasteiger partial charge in [-0.25, -0.2) is 0 Å². The summed E-state index contributed by atoms with van der Waals surface area (Å²) in [7, 11) is 0. The van der Waals surface area contributed by atoms with Crippen molar-refractivity contribution in [1.29, 1.82) is 0 Å². The van der Waals surface area contributed by atoms with Crippen LogP contribution in [0.5, 0.6) is 5.75 Å². The number of benzene rings is 1. The summed E-state index contributed by atoms with van der Waals surface area (Å²) in [5.74, 6) is -0.555. The first-order valence-corrected chi connectivity index (χ1v) is 10.5. The van der Waals surface area contributed by atoms with Crippen molar-refractivity contribution in [2.75, 3.05) is 26.3 Å². The SMILES string of the molecule is C=CCOc1ccc(C(=O)N2CCNC(=O)C2CC(=O)OCCCCC)cc1Br. The summed E-state index contributed by atoms with van der Waals surface area (Å²) in [4.78, 5) is 39.0. The molecule has 1 N–H and O–H groups in total. The van der Waals surface area contributed by atoms with E-state index < -0.39 is 12.0 Å². The zero-order valence-electron chi connectivity index (χ0n) is 16.6. The third-order valence-corrected chi connectivity index (χ3v) is 5.12. The summed E-state index contributed by atoms with van der Waals surface area (Å²) in [6, 6.07) is 4.08. The van der Waals surface area contributed by atoms with E-state index in [0.717, 1.165) is 19.3 Å². The highest BCUT2D eigenvalue weighted by Gasteiger charge is 2.35. The molecule has 0 spiro atoms. The number of rotatable bonds is 10. The van der Waals surface area contributed by atoms with E-state index in [2.05, 4.69) is 34.7 Å². The molecule has 1 atom stereocenters. The van der Waals surface area contributed by atoms with E-state index in [-0.39, 0.29) is 18.2 Å². The summed E-state index contributed by atoms with van der Waals surface area (Å²) < 4.78 is 11.3. The Kier molecular flexibility index (Phi) is 9.18. The van der Waals surface area contributed by atoms with E-state index in [0.29, 0.717) is 42.1 Å². The van der Waals surface area contributed by atoms with Crippen molar-refractivity contribution in [3.8, 4) is 5.75 Å². The largest absolute Gasteiger partial charge is 0.488 e. The quantitative estimate of drug-likeness (QED) is 0.325. The average Bonchev–Trinajstić information content (AvgIpc) is 2.71. The van der Waals surface area contributed by atoms with Crippen molar-refractivity contribution >= 4 is 33.7 Å². The summed E-state index contributed by atoms with van der Waals surface area (Å²) in [6.45, 7) is 7.01. The maximum atomic E-state index is 13.0. The van der Waals surface area contributed by atoms with Gasteiger partial charge in [0.1, 0.15) is 18.4 Å². The second-order valence-electron chi connectivity index (χ2n) is 6.68. The Labute approximate surface area is 179 Å². The molecule has 0 radical (unpaired) electrons. The van der Waals surface area contributed by atoms with Crippen LogP contribution < -0.4 is 10.1 Å². The smallest absolute Gasteiger partial charge is 0.308 e. The van der Waals surface area contributed by atoms with Gasteiger partial charge in [0.2, 0.25) is 5.91 Å². The zero-order chi connectivity index (χ0) is 21.2. The molecule has 0 saturated carbocycles. The molecule has 0 bridgehead atoms. The molecule has 1 unspecified atom stereocenters. The molecule has 1 aromatic carbocycles. The first-order valence-electron chi connectivity index (χ1n) is 9.75. The lowest BCUT2D eigenvalue weighted by atomic mass is 10.1. The van der Waals surface area contributed by atoms with Gasteiger partial charge in [-0.3, -0.25) is 14.4 Å². The van der Waals surface area contributed by atoms with Crippen LogP contribution in [0, 0.1) is 0 Å². The Hall–Kier alpha value is -2.35. The number of unbranched alkanes of at least 4 members (excludes halogenated alkanes) is 2. The number of halogens is 1. The normalized spacial score (nSPS) is 16.1. The fourth-order valence-corrected chi connectivity index (χ4v) is 3.47. The van der Waals surface area contributed by atoms with Gasteiger partial charge in [-0.15, -0.1) is 0 Å². The Morgan fingerprint density at radius 1 is 1.38 bits per heavy atom. The van der Waals surface area contributed by atoms with Crippen LogP contribution in [0.15, 0.2) is 35.3 Å². The lowest BCUT2D eigenvalue weighted by Gasteiger charge is -2.34. The third kappa shape index (κ3) is 6.59. The number of ether oxygens (including phenoxy) is 2. The predicted molar refractivity (Wildman–Crippen MR) is 113 cm³/mol. The summed E-state index contributed by atoms with van der Waals surface area (Å²) in [5.41, 5.74) is 0.402. The first-order chi connectivity index (χ1) is 14.0. The van der Waals surface area contributed by atoms with Crippen LogP contribution in [0.4, 0.5) is 0 Å². The second kappa shape index (κ2) is 11.6. The van der Waals surface area contributed by atoms with Gasteiger partial charge >= 0.3 is 5.97 Å². The minimum Gasteiger partial charge on any atom is -0.488 e. The lowest BCUT2D eigenvalue weighted by molar-refractivity contribution is -0.147. The Bertz CT molecular complexity index is 753. The molecule has 1 saturated heterocycles. The standard InChI is InChI=1S/C21H27BrN2O5/c1-3-5-6-12-29-19(25)14-17-20(26)23-9-10-24(17)21(27)15-7-8-18(16(22)13-15)28-11-4-2/h4,7-8,13,17H,2-3,5-6,9-12,14H2,1H3,(H,23,26). The molecule has 1 aliphatic heterocycles. The van der Waals surface area contributed by atoms with E-state index in [1.807, 2.05) is 0 Å². The number of hydrogen-bond acceptors (Lipinski definition) is 5. The minimum atomic E-state index is -0.884. The summed E-state index contributed by atoms with van der Waals surface area (Å²) >= 11 is 3.39. The molecule has 8 heteroatoms. The molecule has 1 aromatic rings. The van der Waals surface area contributed by atoms with E-state index in [1.54, 1.807) is 24.3 Å².